The lowest BCUT2D eigenvalue weighted by Gasteiger charge is -2.37. The normalized spacial score (nSPS) is 22.8. The van der Waals surface area contributed by atoms with Crippen molar-refractivity contribution in [3.05, 3.63) is 36.0 Å². The number of hydrogen-bond acceptors (Lipinski definition) is 4. The summed E-state index contributed by atoms with van der Waals surface area (Å²) in [6.07, 6.45) is 2.64. The SMILES string of the molecule is CC1CN(c2c(C#N)cnc3ccccc23)CCC1N. The van der Waals surface area contributed by atoms with E-state index in [4.69, 9.17) is 5.73 Å². The molecule has 0 radical (unpaired) electrons. The quantitative estimate of drug-likeness (QED) is 0.860. The number of aromatic nitrogens is 1. The molecule has 102 valence electrons. The Kier molecular flexibility index (Phi) is 3.29. The second kappa shape index (κ2) is 5.10. The molecule has 4 heteroatoms. The van der Waals surface area contributed by atoms with Gasteiger partial charge < -0.3 is 10.6 Å². The first-order valence-electron chi connectivity index (χ1n) is 6.99. The Morgan fingerprint density at radius 2 is 2.20 bits per heavy atom. The fourth-order valence-corrected chi connectivity index (χ4v) is 2.92. The minimum absolute atomic E-state index is 0.255. The van der Waals surface area contributed by atoms with Gasteiger partial charge in [-0.25, -0.2) is 0 Å². The number of pyridine rings is 1. The summed E-state index contributed by atoms with van der Waals surface area (Å²) in [6, 6.07) is 10.5. The molecule has 1 fully saturated rings. The molecule has 20 heavy (non-hydrogen) atoms. The van der Waals surface area contributed by atoms with Crippen LogP contribution in [0.25, 0.3) is 10.9 Å². The van der Waals surface area contributed by atoms with Crippen LogP contribution in [-0.2, 0) is 0 Å². The lowest BCUT2D eigenvalue weighted by atomic mass is 9.93. The van der Waals surface area contributed by atoms with Crippen LogP contribution in [0, 0.1) is 17.2 Å². The Hall–Kier alpha value is -2.12. The molecule has 1 aromatic heterocycles. The predicted molar refractivity (Wildman–Crippen MR) is 80.4 cm³/mol. The van der Waals surface area contributed by atoms with Gasteiger partial charge in [0.1, 0.15) is 6.07 Å². The number of para-hydroxylation sites is 1. The van der Waals surface area contributed by atoms with E-state index in [9.17, 15) is 5.26 Å². The van der Waals surface area contributed by atoms with Crippen LogP contribution >= 0.6 is 0 Å². The van der Waals surface area contributed by atoms with Crippen LogP contribution in [0.4, 0.5) is 5.69 Å². The van der Waals surface area contributed by atoms with Crippen molar-refractivity contribution < 1.29 is 0 Å². The van der Waals surface area contributed by atoms with E-state index in [1.54, 1.807) is 6.20 Å². The van der Waals surface area contributed by atoms with Gasteiger partial charge in [-0.2, -0.15) is 5.26 Å². The zero-order valence-corrected chi connectivity index (χ0v) is 11.6. The molecular formula is C16H18N4. The highest BCUT2D eigenvalue weighted by molar-refractivity contribution is 5.94. The third-order valence-corrected chi connectivity index (χ3v) is 4.16. The monoisotopic (exact) mass is 266 g/mol. The Labute approximate surface area is 118 Å². The molecule has 0 spiro atoms. The fourth-order valence-electron chi connectivity index (χ4n) is 2.92. The van der Waals surface area contributed by atoms with Crippen molar-refractivity contribution in [2.75, 3.05) is 18.0 Å². The summed E-state index contributed by atoms with van der Waals surface area (Å²) in [5.74, 6) is 0.433. The van der Waals surface area contributed by atoms with Gasteiger partial charge in [-0.1, -0.05) is 25.1 Å². The number of fused-ring (bicyclic) bond motifs is 1. The molecule has 3 rings (SSSR count). The zero-order valence-electron chi connectivity index (χ0n) is 11.6. The predicted octanol–water partition coefficient (Wildman–Crippen LogP) is 2.28. The second-order valence-electron chi connectivity index (χ2n) is 5.53. The van der Waals surface area contributed by atoms with Crippen LogP contribution in [0.3, 0.4) is 0 Å². The van der Waals surface area contributed by atoms with Gasteiger partial charge in [0.05, 0.1) is 16.8 Å². The van der Waals surface area contributed by atoms with Crippen molar-refractivity contribution >= 4 is 16.6 Å². The van der Waals surface area contributed by atoms with Crippen LogP contribution in [0.5, 0.6) is 0 Å². The van der Waals surface area contributed by atoms with Gasteiger partial charge in [-0.3, -0.25) is 4.98 Å². The molecule has 2 aromatic rings. The van der Waals surface area contributed by atoms with Crippen LogP contribution < -0.4 is 10.6 Å². The fraction of sp³-hybridized carbons (Fsp3) is 0.375. The minimum Gasteiger partial charge on any atom is -0.369 e. The Bertz CT molecular complexity index is 674. The Morgan fingerprint density at radius 1 is 1.40 bits per heavy atom. The summed E-state index contributed by atoms with van der Waals surface area (Å²) < 4.78 is 0. The van der Waals surface area contributed by atoms with Gasteiger partial charge >= 0.3 is 0 Å². The van der Waals surface area contributed by atoms with E-state index in [0.717, 1.165) is 36.1 Å². The third-order valence-electron chi connectivity index (χ3n) is 4.16. The van der Waals surface area contributed by atoms with E-state index < -0.39 is 0 Å². The van der Waals surface area contributed by atoms with Crippen molar-refractivity contribution in [3.8, 4) is 6.07 Å². The maximum absolute atomic E-state index is 9.39. The van der Waals surface area contributed by atoms with E-state index in [-0.39, 0.29) is 6.04 Å². The molecule has 2 atom stereocenters. The first kappa shape index (κ1) is 12.9. The van der Waals surface area contributed by atoms with Crippen molar-refractivity contribution in [3.63, 3.8) is 0 Å². The third kappa shape index (κ3) is 2.10. The maximum Gasteiger partial charge on any atom is 0.103 e. The molecule has 0 amide bonds. The standard InChI is InChI=1S/C16H18N4/c1-11-10-20(7-6-14(11)18)16-12(8-17)9-19-15-5-3-2-4-13(15)16/h2-5,9,11,14H,6-7,10,18H2,1H3. The van der Waals surface area contributed by atoms with Crippen LogP contribution in [-0.4, -0.2) is 24.1 Å². The van der Waals surface area contributed by atoms with Gasteiger partial charge in [-0.15, -0.1) is 0 Å². The summed E-state index contributed by atoms with van der Waals surface area (Å²) >= 11 is 0. The number of nitrogens with two attached hydrogens (primary N) is 1. The van der Waals surface area contributed by atoms with E-state index in [0.29, 0.717) is 11.5 Å². The topological polar surface area (TPSA) is 65.9 Å². The molecule has 2 unspecified atom stereocenters. The largest absolute Gasteiger partial charge is 0.369 e. The Morgan fingerprint density at radius 3 is 2.95 bits per heavy atom. The van der Waals surface area contributed by atoms with Crippen molar-refractivity contribution in [1.82, 2.24) is 4.98 Å². The molecule has 0 bridgehead atoms. The average Bonchev–Trinajstić information content (AvgIpc) is 2.49. The number of benzene rings is 1. The molecule has 1 saturated heterocycles. The van der Waals surface area contributed by atoms with Crippen LogP contribution in [0.1, 0.15) is 18.9 Å². The smallest absolute Gasteiger partial charge is 0.103 e. The molecule has 4 nitrogen and oxygen atoms in total. The van der Waals surface area contributed by atoms with Gasteiger partial charge in [0, 0.05) is 30.7 Å². The number of anilines is 1. The molecule has 2 N–H and O–H groups in total. The summed E-state index contributed by atoms with van der Waals surface area (Å²) in [5.41, 5.74) is 8.69. The summed E-state index contributed by atoms with van der Waals surface area (Å²) in [7, 11) is 0. The zero-order chi connectivity index (χ0) is 14.1. The van der Waals surface area contributed by atoms with Gasteiger partial charge in [0.25, 0.3) is 0 Å². The van der Waals surface area contributed by atoms with Gasteiger partial charge in [0.2, 0.25) is 0 Å². The van der Waals surface area contributed by atoms with Gasteiger partial charge in [0.15, 0.2) is 0 Å². The summed E-state index contributed by atoms with van der Waals surface area (Å²) in [4.78, 5) is 6.66. The number of rotatable bonds is 1. The van der Waals surface area contributed by atoms with E-state index in [1.807, 2.05) is 24.3 Å². The number of piperidine rings is 1. The van der Waals surface area contributed by atoms with E-state index >= 15 is 0 Å². The highest BCUT2D eigenvalue weighted by Crippen LogP contribution is 2.32. The highest BCUT2D eigenvalue weighted by Gasteiger charge is 2.26. The molecular weight excluding hydrogens is 248 g/mol. The number of hydrogen-bond donors (Lipinski definition) is 1. The average molecular weight is 266 g/mol. The van der Waals surface area contributed by atoms with Crippen LogP contribution in [0.15, 0.2) is 30.5 Å². The summed E-state index contributed by atoms with van der Waals surface area (Å²) in [5, 5.41) is 10.4. The van der Waals surface area contributed by atoms with Crippen molar-refractivity contribution in [1.29, 1.82) is 5.26 Å². The van der Waals surface area contributed by atoms with Crippen LogP contribution in [0.2, 0.25) is 0 Å². The summed E-state index contributed by atoms with van der Waals surface area (Å²) in [6.45, 7) is 3.96. The molecule has 0 saturated carbocycles. The first-order valence-corrected chi connectivity index (χ1v) is 6.99. The molecule has 2 heterocycles. The number of nitriles is 1. The Balaban J connectivity index is 2.12. The van der Waals surface area contributed by atoms with E-state index in [1.165, 1.54) is 0 Å². The maximum atomic E-state index is 9.39. The molecule has 0 aliphatic carbocycles. The van der Waals surface area contributed by atoms with E-state index in [2.05, 4.69) is 22.9 Å². The molecule has 1 aromatic carbocycles. The minimum atomic E-state index is 0.255. The van der Waals surface area contributed by atoms with Gasteiger partial charge in [-0.05, 0) is 18.4 Å². The first-order chi connectivity index (χ1) is 9.70. The second-order valence-corrected chi connectivity index (χ2v) is 5.53. The number of nitrogens with zero attached hydrogens (tertiary/aromatic N) is 3. The highest BCUT2D eigenvalue weighted by atomic mass is 15.2. The lowest BCUT2D eigenvalue weighted by Crippen LogP contribution is -2.46. The molecule has 1 aliphatic rings. The van der Waals surface area contributed by atoms with Crippen molar-refractivity contribution in [2.24, 2.45) is 11.7 Å². The molecule has 1 aliphatic heterocycles. The van der Waals surface area contributed by atoms with Crippen molar-refractivity contribution in [2.45, 2.75) is 19.4 Å². The lowest BCUT2D eigenvalue weighted by molar-refractivity contribution is 0.383.